The van der Waals surface area contributed by atoms with Gasteiger partial charge in [0, 0.05) is 0 Å². The molecule has 0 heterocycles. The van der Waals surface area contributed by atoms with Crippen molar-refractivity contribution in [2.75, 3.05) is 0 Å². The first-order chi connectivity index (χ1) is 21.9. The second-order valence-electron chi connectivity index (χ2n) is 19.7. The molecule has 0 heteroatoms. The zero-order chi connectivity index (χ0) is 31.4. The van der Waals surface area contributed by atoms with Crippen molar-refractivity contribution in [1.29, 1.82) is 0 Å². The quantitative estimate of drug-likeness (QED) is 0.228. The first-order valence-electron chi connectivity index (χ1n) is 21.9. The van der Waals surface area contributed by atoms with Crippen LogP contribution in [0.5, 0.6) is 0 Å². The highest BCUT2D eigenvalue weighted by molar-refractivity contribution is 4.96. The van der Waals surface area contributed by atoms with Crippen LogP contribution in [0, 0.1) is 82.3 Å². The summed E-state index contributed by atoms with van der Waals surface area (Å²) in [6.45, 7) is 13.0. The molecular weight excluding hydrogens is 540 g/mol. The predicted octanol–water partition coefficient (Wildman–Crippen LogP) is 14.3. The topological polar surface area (TPSA) is 0 Å². The van der Waals surface area contributed by atoms with E-state index in [9.17, 15) is 0 Å². The van der Waals surface area contributed by atoms with Crippen molar-refractivity contribution in [2.45, 2.75) is 202 Å². The van der Waals surface area contributed by atoms with E-state index >= 15 is 0 Å². The Labute approximate surface area is 283 Å². The molecule has 6 rings (SSSR count). The molecule has 0 aromatic rings. The Balaban J connectivity index is 0.948. The van der Waals surface area contributed by atoms with Crippen LogP contribution in [0.3, 0.4) is 0 Å². The van der Waals surface area contributed by atoms with Crippen molar-refractivity contribution in [1.82, 2.24) is 0 Å². The summed E-state index contributed by atoms with van der Waals surface area (Å²) >= 11 is 0. The molecule has 6 fully saturated rings. The molecule has 0 aliphatic heterocycles. The highest BCUT2D eigenvalue weighted by atomic mass is 14.5. The van der Waals surface area contributed by atoms with Crippen molar-refractivity contribution >= 4 is 0 Å². The Kier molecular flexibility index (Phi) is 12.5. The van der Waals surface area contributed by atoms with Crippen molar-refractivity contribution in [2.24, 2.45) is 82.3 Å². The Morgan fingerprint density at radius 3 is 1.93 bits per heavy atom. The normalized spacial score (nSPS) is 44.7. The molecule has 0 aromatic heterocycles. The molecule has 0 saturated heterocycles. The minimum Gasteiger partial charge on any atom is -0.0654 e. The van der Waals surface area contributed by atoms with Gasteiger partial charge < -0.3 is 0 Å². The molecule has 45 heavy (non-hydrogen) atoms. The van der Waals surface area contributed by atoms with Gasteiger partial charge in [0.1, 0.15) is 0 Å². The van der Waals surface area contributed by atoms with Crippen LogP contribution >= 0.6 is 0 Å². The second kappa shape index (κ2) is 16.1. The lowest BCUT2D eigenvalue weighted by Gasteiger charge is -2.51. The Morgan fingerprint density at radius 2 is 1.24 bits per heavy atom. The average Bonchev–Trinajstić information content (AvgIpc) is 3.05. The number of hydrogen-bond donors (Lipinski definition) is 0. The van der Waals surface area contributed by atoms with Crippen molar-refractivity contribution < 1.29 is 0 Å². The fraction of sp³-hybridized carbons (Fsp3) is 1.00. The number of hydrogen-bond acceptors (Lipinski definition) is 0. The lowest BCUT2D eigenvalue weighted by atomic mass is 9.54. The van der Waals surface area contributed by atoms with Crippen LogP contribution in [0.25, 0.3) is 0 Å². The molecule has 0 radical (unpaired) electrons. The van der Waals surface area contributed by atoms with Gasteiger partial charge in [0.25, 0.3) is 0 Å². The van der Waals surface area contributed by atoms with Gasteiger partial charge in [-0.2, -0.15) is 0 Å². The molecule has 1 spiro atoms. The molecular formula is C45H80. The van der Waals surface area contributed by atoms with E-state index in [0.717, 1.165) is 82.3 Å². The van der Waals surface area contributed by atoms with E-state index in [-0.39, 0.29) is 0 Å². The molecule has 0 aromatic carbocycles. The van der Waals surface area contributed by atoms with Gasteiger partial charge in [-0.1, -0.05) is 118 Å². The Morgan fingerprint density at radius 1 is 0.600 bits per heavy atom. The molecule has 8 atom stereocenters. The first kappa shape index (κ1) is 34.8. The molecule has 6 aliphatic carbocycles. The van der Waals surface area contributed by atoms with Crippen molar-refractivity contribution in [3.8, 4) is 0 Å². The summed E-state index contributed by atoms with van der Waals surface area (Å²) in [7, 11) is 0. The Bertz CT molecular complexity index is 835. The zero-order valence-corrected chi connectivity index (χ0v) is 31.4. The van der Waals surface area contributed by atoms with E-state index in [1.807, 2.05) is 0 Å². The first-order valence-corrected chi connectivity index (χ1v) is 21.9. The molecule has 6 aliphatic rings. The van der Waals surface area contributed by atoms with E-state index in [4.69, 9.17) is 0 Å². The maximum Gasteiger partial charge on any atom is -0.0297 e. The van der Waals surface area contributed by atoms with E-state index in [1.165, 1.54) is 57.8 Å². The molecule has 260 valence electrons. The third-order valence-corrected chi connectivity index (χ3v) is 17.1. The van der Waals surface area contributed by atoms with E-state index in [0.29, 0.717) is 0 Å². The molecule has 0 nitrogen and oxygen atoms in total. The maximum atomic E-state index is 2.76. The molecule has 0 amide bonds. The fourth-order valence-corrected chi connectivity index (χ4v) is 14.7. The van der Waals surface area contributed by atoms with Gasteiger partial charge in [-0.25, -0.2) is 0 Å². The van der Waals surface area contributed by atoms with Crippen molar-refractivity contribution in [3.05, 3.63) is 0 Å². The third-order valence-electron chi connectivity index (χ3n) is 17.1. The van der Waals surface area contributed by atoms with Gasteiger partial charge in [0.05, 0.1) is 0 Å². The van der Waals surface area contributed by atoms with Gasteiger partial charge in [-0.15, -0.1) is 0 Å². The van der Waals surface area contributed by atoms with Gasteiger partial charge in [0.2, 0.25) is 0 Å². The summed E-state index contributed by atoms with van der Waals surface area (Å²) in [5.74, 6) is 13.4. The molecule has 0 bridgehead atoms. The summed E-state index contributed by atoms with van der Waals surface area (Å²) in [6.07, 6.45) is 40.4. The van der Waals surface area contributed by atoms with Gasteiger partial charge in [-0.05, 0) is 166 Å². The Hall–Kier alpha value is 0. The summed E-state index contributed by atoms with van der Waals surface area (Å²) < 4.78 is 0. The van der Waals surface area contributed by atoms with E-state index in [2.05, 4.69) is 34.6 Å². The summed E-state index contributed by atoms with van der Waals surface area (Å²) in [5.41, 5.74) is 0.772. The fourth-order valence-electron chi connectivity index (χ4n) is 14.7. The van der Waals surface area contributed by atoms with Crippen LogP contribution in [0.15, 0.2) is 0 Å². The number of fused-ring (bicyclic) bond motifs is 1. The predicted molar refractivity (Wildman–Crippen MR) is 196 cm³/mol. The van der Waals surface area contributed by atoms with Crippen LogP contribution in [0.2, 0.25) is 0 Å². The minimum absolute atomic E-state index is 0.772. The van der Waals surface area contributed by atoms with Crippen LogP contribution in [0.1, 0.15) is 202 Å². The second-order valence-corrected chi connectivity index (χ2v) is 19.7. The van der Waals surface area contributed by atoms with Crippen LogP contribution in [0.4, 0.5) is 0 Å². The van der Waals surface area contributed by atoms with E-state index in [1.54, 1.807) is 109 Å². The largest absolute Gasteiger partial charge is 0.0654 e. The van der Waals surface area contributed by atoms with Crippen molar-refractivity contribution in [3.63, 3.8) is 0 Å². The molecule has 8 unspecified atom stereocenters. The third kappa shape index (κ3) is 8.42. The van der Waals surface area contributed by atoms with Crippen LogP contribution in [-0.2, 0) is 0 Å². The molecule has 6 saturated carbocycles. The SMILES string of the molecule is CCCC1CC(C)C(C(C)CCCC2CCC3CCCC(C(C)C4CCC5(CCC(C6CCCCC6)CC5)CC4)C3C2)C(C)C1. The lowest BCUT2D eigenvalue weighted by Crippen LogP contribution is -2.41. The average molecular weight is 621 g/mol. The minimum atomic E-state index is 0.772. The van der Waals surface area contributed by atoms with Crippen LogP contribution in [-0.4, -0.2) is 0 Å². The van der Waals surface area contributed by atoms with Gasteiger partial charge in [-0.3, -0.25) is 0 Å². The highest BCUT2D eigenvalue weighted by Crippen LogP contribution is 2.56. The monoisotopic (exact) mass is 621 g/mol. The maximum absolute atomic E-state index is 2.76. The van der Waals surface area contributed by atoms with Crippen LogP contribution < -0.4 is 0 Å². The molecule has 0 N–H and O–H groups in total. The van der Waals surface area contributed by atoms with Gasteiger partial charge in [0.15, 0.2) is 0 Å². The zero-order valence-electron chi connectivity index (χ0n) is 31.4. The smallest absolute Gasteiger partial charge is 0.0297 e. The summed E-state index contributed by atoms with van der Waals surface area (Å²) in [5, 5.41) is 0. The highest BCUT2D eigenvalue weighted by Gasteiger charge is 2.45. The lowest BCUT2D eigenvalue weighted by molar-refractivity contribution is -0.00344. The number of rotatable bonds is 10. The summed E-state index contributed by atoms with van der Waals surface area (Å²) in [4.78, 5) is 0. The summed E-state index contributed by atoms with van der Waals surface area (Å²) in [6, 6.07) is 0. The van der Waals surface area contributed by atoms with Gasteiger partial charge >= 0.3 is 0 Å². The standard InChI is InChI=1S/C45H80/c1-6-12-37-29-33(3)44(34(4)30-37)32(2)13-10-14-36-19-20-41-17-11-18-42(43(41)31-36)35(5)38-21-25-45(26-22-38)27-23-40(24-28-45)39-15-8-7-9-16-39/h32-44H,6-31H2,1-5H3. The van der Waals surface area contributed by atoms with E-state index < -0.39 is 0 Å².